The lowest BCUT2D eigenvalue weighted by molar-refractivity contribution is -0.154. The van der Waals surface area contributed by atoms with Crippen LogP contribution in [0.1, 0.15) is 35.2 Å². The van der Waals surface area contributed by atoms with Gasteiger partial charge in [0, 0.05) is 43.9 Å². The first kappa shape index (κ1) is 23.6. The Labute approximate surface area is 195 Å². The second kappa shape index (κ2) is 9.75. The van der Waals surface area contributed by atoms with Gasteiger partial charge in [0.25, 0.3) is 11.8 Å². The molecule has 0 unspecified atom stereocenters. The van der Waals surface area contributed by atoms with Crippen molar-refractivity contribution in [2.75, 3.05) is 32.8 Å². The van der Waals surface area contributed by atoms with Crippen molar-refractivity contribution in [2.24, 2.45) is 5.41 Å². The second-order valence-corrected chi connectivity index (χ2v) is 8.64. The van der Waals surface area contributed by atoms with Gasteiger partial charge in [-0.15, -0.1) is 0 Å². The van der Waals surface area contributed by atoms with E-state index < -0.39 is 18.7 Å². The summed E-state index contributed by atoms with van der Waals surface area (Å²) in [4.78, 5) is 32.7. The van der Waals surface area contributed by atoms with Crippen LogP contribution in [0.25, 0.3) is 0 Å². The number of aromatic nitrogens is 1. The molecule has 6 nitrogen and oxygen atoms in total. The zero-order valence-electron chi connectivity index (χ0n) is 18.5. The molecule has 2 fully saturated rings. The van der Waals surface area contributed by atoms with Gasteiger partial charge in [-0.2, -0.15) is 13.2 Å². The summed E-state index contributed by atoms with van der Waals surface area (Å²) >= 11 is 0. The molecule has 0 aliphatic carbocycles. The molecule has 2 aliphatic heterocycles. The van der Waals surface area contributed by atoms with Gasteiger partial charge in [0.1, 0.15) is 5.56 Å². The number of rotatable bonds is 3. The fourth-order valence-corrected chi connectivity index (χ4v) is 4.42. The molecular formula is C25H24F3N3O3. The van der Waals surface area contributed by atoms with Crippen LogP contribution in [0, 0.1) is 17.3 Å². The van der Waals surface area contributed by atoms with Gasteiger partial charge in [-0.3, -0.25) is 9.59 Å². The van der Waals surface area contributed by atoms with E-state index in [-0.39, 0.29) is 22.8 Å². The molecule has 4 rings (SSSR count). The topological polar surface area (TPSA) is 62.7 Å². The minimum atomic E-state index is -4.52. The van der Waals surface area contributed by atoms with Gasteiger partial charge < -0.3 is 14.5 Å². The Bertz CT molecular complexity index is 1100. The zero-order chi connectivity index (χ0) is 24.2. The van der Waals surface area contributed by atoms with Crippen molar-refractivity contribution < 1.29 is 27.5 Å². The van der Waals surface area contributed by atoms with E-state index in [1.165, 1.54) is 18.3 Å². The lowest BCUT2D eigenvalue weighted by Crippen LogP contribution is -2.44. The molecule has 0 atom stereocenters. The van der Waals surface area contributed by atoms with Gasteiger partial charge in [0.05, 0.1) is 0 Å². The summed E-state index contributed by atoms with van der Waals surface area (Å²) in [5.74, 6) is 4.66. The minimum absolute atomic E-state index is 0.0209. The number of hydrogen-bond acceptors (Lipinski definition) is 4. The number of amides is 2. The molecule has 2 aromatic rings. The van der Waals surface area contributed by atoms with Crippen LogP contribution in [0.4, 0.5) is 13.2 Å². The molecule has 178 valence electrons. The van der Waals surface area contributed by atoms with Gasteiger partial charge in [-0.05, 0) is 48.9 Å². The normalized spacial score (nSPS) is 17.3. The summed E-state index contributed by atoms with van der Waals surface area (Å²) in [5, 5.41) is 0. The molecule has 9 heteroatoms. The van der Waals surface area contributed by atoms with Crippen molar-refractivity contribution in [3.63, 3.8) is 0 Å². The number of benzene rings is 1. The van der Waals surface area contributed by atoms with E-state index in [1.54, 1.807) is 9.80 Å². The molecule has 3 heterocycles. The summed E-state index contributed by atoms with van der Waals surface area (Å²) in [6, 6.07) is 12.2. The third-order valence-electron chi connectivity index (χ3n) is 6.30. The predicted molar refractivity (Wildman–Crippen MR) is 118 cm³/mol. The highest BCUT2D eigenvalue weighted by molar-refractivity contribution is 5.96. The fourth-order valence-electron chi connectivity index (χ4n) is 4.42. The number of halogens is 3. The van der Waals surface area contributed by atoms with E-state index in [9.17, 15) is 22.8 Å². The van der Waals surface area contributed by atoms with Crippen LogP contribution in [-0.2, 0) is 4.79 Å². The van der Waals surface area contributed by atoms with Gasteiger partial charge in [-0.1, -0.05) is 24.1 Å². The van der Waals surface area contributed by atoms with E-state index in [0.29, 0.717) is 26.2 Å². The molecule has 2 saturated heterocycles. The Balaban J connectivity index is 1.35. The smallest absolute Gasteiger partial charge is 0.422 e. The highest BCUT2D eigenvalue weighted by Gasteiger charge is 2.43. The van der Waals surface area contributed by atoms with Crippen LogP contribution in [0.15, 0.2) is 48.7 Å². The number of alkyl halides is 3. The van der Waals surface area contributed by atoms with Crippen molar-refractivity contribution >= 4 is 11.8 Å². The fraction of sp³-hybridized carbons (Fsp3) is 0.400. The molecule has 0 N–H and O–H groups in total. The van der Waals surface area contributed by atoms with Gasteiger partial charge in [0.2, 0.25) is 5.88 Å². The number of nitrogens with zero attached hydrogens (tertiary/aromatic N) is 3. The Morgan fingerprint density at radius 1 is 1.00 bits per heavy atom. The lowest BCUT2D eigenvalue weighted by Gasteiger charge is -2.38. The van der Waals surface area contributed by atoms with Crippen molar-refractivity contribution in [1.82, 2.24) is 14.8 Å². The van der Waals surface area contributed by atoms with E-state index in [0.717, 1.165) is 24.8 Å². The molecule has 2 aliphatic rings. The average molecular weight is 471 g/mol. The molecule has 0 bridgehead atoms. The summed E-state index contributed by atoms with van der Waals surface area (Å²) in [5.41, 5.74) is 0.685. The summed E-state index contributed by atoms with van der Waals surface area (Å²) in [6.07, 6.45) is -0.983. The van der Waals surface area contributed by atoms with Crippen LogP contribution in [0.3, 0.4) is 0 Å². The first-order valence-electron chi connectivity index (χ1n) is 11.0. The van der Waals surface area contributed by atoms with Crippen LogP contribution < -0.4 is 4.74 Å². The van der Waals surface area contributed by atoms with Crippen molar-refractivity contribution in [1.29, 1.82) is 0 Å². The SMILES string of the molecule is O=C(C#Cc1ccccc1)N1CCC2(CC1)CCN(C(=O)c1cccnc1OCC(F)(F)F)C2. The largest absolute Gasteiger partial charge is 0.467 e. The number of hydrogen-bond donors (Lipinski definition) is 0. The summed E-state index contributed by atoms with van der Waals surface area (Å²) < 4.78 is 42.4. The van der Waals surface area contributed by atoms with Crippen LogP contribution in [-0.4, -0.2) is 65.6 Å². The molecule has 34 heavy (non-hydrogen) atoms. The van der Waals surface area contributed by atoms with Crippen molar-refractivity contribution in [2.45, 2.75) is 25.4 Å². The molecule has 1 aromatic heterocycles. The third-order valence-corrected chi connectivity index (χ3v) is 6.30. The Hall–Kier alpha value is -3.54. The van der Waals surface area contributed by atoms with E-state index in [1.807, 2.05) is 30.3 Å². The Morgan fingerprint density at radius 3 is 2.35 bits per heavy atom. The lowest BCUT2D eigenvalue weighted by atomic mass is 9.78. The van der Waals surface area contributed by atoms with E-state index >= 15 is 0 Å². The monoisotopic (exact) mass is 471 g/mol. The van der Waals surface area contributed by atoms with E-state index in [2.05, 4.69) is 16.8 Å². The molecule has 0 saturated carbocycles. The summed E-state index contributed by atoms with van der Waals surface area (Å²) in [7, 11) is 0. The maximum atomic E-state index is 13.1. The Morgan fingerprint density at radius 2 is 1.68 bits per heavy atom. The molecule has 2 amide bonds. The van der Waals surface area contributed by atoms with E-state index in [4.69, 9.17) is 4.74 Å². The molecular weight excluding hydrogens is 447 g/mol. The second-order valence-electron chi connectivity index (χ2n) is 8.64. The van der Waals surface area contributed by atoms with Crippen molar-refractivity contribution in [3.05, 3.63) is 59.8 Å². The maximum Gasteiger partial charge on any atom is 0.422 e. The predicted octanol–water partition coefficient (Wildman–Crippen LogP) is 3.53. The maximum absolute atomic E-state index is 13.1. The quantitative estimate of drug-likeness (QED) is 0.643. The average Bonchev–Trinajstić information content (AvgIpc) is 3.25. The Kier molecular flexibility index (Phi) is 6.77. The summed E-state index contributed by atoms with van der Waals surface area (Å²) in [6.45, 7) is 0.574. The minimum Gasteiger partial charge on any atom is -0.467 e. The number of carbonyl (C=O) groups excluding carboxylic acids is 2. The third kappa shape index (κ3) is 5.68. The standard InChI is InChI=1S/C25H24F3N3O3/c26-25(27,28)18-34-22-20(7-4-13-29-22)23(33)31-16-12-24(17-31)10-14-30(15-11-24)21(32)9-8-19-5-2-1-3-6-19/h1-7,13H,10-12,14-18H2. The number of ether oxygens (including phenoxy) is 1. The highest BCUT2D eigenvalue weighted by atomic mass is 19.4. The first-order valence-corrected chi connectivity index (χ1v) is 11.0. The molecule has 0 radical (unpaired) electrons. The number of piperidine rings is 1. The van der Waals surface area contributed by atoms with Crippen molar-refractivity contribution in [3.8, 4) is 17.7 Å². The van der Waals surface area contributed by atoms with Crippen LogP contribution >= 0.6 is 0 Å². The van der Waals surface area contributed by atoms with Crippen LogP contribution in [0.5, 0.6) is 5.88 Å². The van der Waals surface area contributed by atoms with Gasteiger partial charge >= 0.3 is 6.18 Å². The zero-order valence-corrected chi connectivity index (χ0v) is 18.5. The number of likely N-dealkylation sites (tertiary alicyclic amines) is 2. The number of carbonyl (C=O) groups is 2. The first-order chi connectivity index (χ1) is 16.2. The molecule has 1 spiro atoms. The number of pyridine rings is 1. The highest BCUT2D eigenvalue weighted by Crippen LogP contribution is 2.41. The van der Waals surface area contributed by atoms with Crippen LogP contribution in [0.2, 0.25) is 0 Å². The van der Waals surface area contributed by atoms with Gasteiger partial charge in [0.15, 0.2) is 6.61 Å². The molecule has 1 aromatic carbocycles. The van der Waals surface area contributed by atoms with Gasteiger partial charge in [-0.25, -0.2) is 4.98 Å².